The Bertz CT molecular complexity index is 658. The van der Waals surface area contributed by atoms with Crippen LogP contribution in [-0.4, -0.2) is 34.2 Å². The van der Waals surface area contributed by atoms with Crippen molar-refractivity contribution < 1.29 is 9.53 Å². The molecule has 1 unspecified atom stereocenters. The second kappa shape index (κ2) is 6.25. The molecule has 22 heavy (non-hydrogen) atoms. The second-order valence-electron chi connectivity index (χ2n) is 6.48. The molecular weight excluding hydrogens is 280 g/mol. The van der Waals surface area contributed by atoms with E-state index in [1.807, 2.05) is 52.8 Å². The molecule has 0 fully saturated rings. The summed E-state index contributed by atoms with van der Waals surface area (Å²) in [6, 6.07) is 6.04. The third-order valence-electron chi connectivity index (χ3n) is 2.96. The topological polar surface area (TPSA) is 79.0 Å². The van der Waals surface area contributed by atoms with Crippen LogP contribution in [0.5, 0.6) is 0 Å². The lowest BCUT2D eigenvalue weighted by Crippen LogP contribution is -2.38. The number of aryl methyl sites for hydroxylation is 1. The number of H-pyrrole nitrogens is 1. The Hall–Kier alpha value is -2.24. The van der Waals surface area contributed by atoms with Gasteiger partial charge in [-0.1, -0.05) is 0 Å². The molecule has 1 amide bonds. The molecule has 1 aromatic heterocycles. The number of alkyl carbamates (subject to hydrolysis) is 1. The van der Waals surface area contributed by atoms with Gasteiger partial charge in [0.05, 0.1) is 11.0 Å². The number of carbonyl (C=O) groups excluding carboxylic acids is 1. The Labute approximate surface area is 130 Å². The van der Waals surface area contributed by atoms with Crippen LogP contribution in [0.25, 0.3) is 11.0 Å². The maximum Gasteiger partial charge on any atom is 0.407 e. The van der Waals surface area contributed by atoms with Crippen molar-refractivity contribution in [2.24, 2.45) is 0 Å². The van der Waals surface area contributed by atoms with E-state index in [4.69, 9.17) is 4.74 Å². The highest BCUT2D eigenvalue weighted by atomic mass is 16.6. The van der Waals surface area contributed by atoms with Crippen LogP contribution >= 0.6 is 0 Å². The molecular formula is C16H24N4O2. The van der Waals surface area contributed by atoms with Crippen LogP contribution in [0.3, 0.4) is 0 Å². The smallest absolute Gasteiger partial charge is 0.407 e. The van der Waals surface area contributed by atoms with Crippen LogP contribution in [0, 0.1) is 6.92 Å². The van der Waals surface area contributed by atoms with Crippen molar-refractivity contribution in [2.75, 3.05) is 11.9 Å². The first-order valence-electron chi connectivity index (χ1n) is 7.43. The van der Waals surface area contributed by atoms with Gasteiger partial charge in [0.2, 0.25) is 0 Å². The molecule has 2 rings (SSSR count). The lowest BCUT2D eigenvalue weighted by atomic mass is 10.2. The number of imidazole rings is 1. The van der Waals surface area contributed by atoms with Crippen molar-refractivity contribution in [1.29, 1.82) is 0 Å². The number of hydrogen-bond acceptors (Lipinski definition) is 4. The molecule has 0 aliphatic rings. The summed E-state index contributed by atoms with van der Waals surface area (Å²) in [5.74, 6) is 0.895. The van der Waals surface area contributed by atoms with Gasteiger partial charge >= 0.3 is 6.09 Å². The molecule has 3 N–H and O–H groups in total. The van der Waals surface area contributed by atoms with Crippen LogP contribution in [0.15, 0.2) is 18.2 Å². The van der Waals surface area contributed by atoms with Crippen molar-refractivity contribution in [3.63, 3.8) is 0 Å². The van der Waals surface area contributed by atoms with Crippen molar-refractivity contribution >= 4 is 22.8 Å². The molecule has 0 radical (unpaired) electrons. The van der Waals surface area contributed by atoms with Gasteiger partial charge in [-0.25, -0.2) is 9.78 Å². The first kappa shape index (κ1) is 16.1. The molecule has 6 heteroatoms. The van der Waals surface area contributed by atoms with Crippen molar-refractivity contribution in [3.05, 3.63) is 24.0 Å². The highest BCUT2D eigenvalue weighted by Crippen LogP contribution is 2.17. The van der Waals surface area contributed by atoms with Gasteiger partial charge in [0.1, 0.15) is 11.4 Å². The number of rotatable bonds is 4. The number of nitrogens with zero attached hydrogens (tertiary/aromatic N) is 1. The molecule has 0 aliphatic heterocycles. The van der Waals surface area contributed by atoms with Gasteiger partial charge in [-0.3, -0.25) is 0 Å². The summed E-state index contributed by atoms with van der Waals surface area (Å²) >= 11 is 0. The summed E-state index contributed by atoms with van der Waals surface area (Å²) in [5.41, 5.74) is 2.44. The molecule has 1 heterocycles. The molecule has 6 nitrogen and oxygen atoms in total. The Morgan fingerprint density at radius 2 is 2.14 bits per heavy atom. The van der Waals surface area contributed by atoms with Gasteiger partial charge in [-0.15, -0.1) is 0 Å². The lowest BCUT2D eigenvalue weighted by molar-refractivity contribution is 0.0526. The minimum Gasteiger partial charge on any atom is -0.444 e. The molecule has 0 saturated heterocycles. The Morgan fingerprint density at radius 3 is 2.82 bits per heavy atom. The van der Waals surface area contributed by atoms with E-state index in [9.17, 15) is 4.79 Å². The Balaban J connectivity index is 1.87. The number of hydrogen-bond donors (Lipinski definition) is 3. The van der Waals surface area contributed by atoms with Crippen molar-refractivity contribution in [3.8, 4) is 0 Å². The number of carbonyl (C=O) groups is 1. The van der Waals surface area contributed by atoms with Gasteiger partial charge in [0, 0.05) is 18.3 Å². The van der Waals surface area contributed by atoms with Gasteiger partial charge in [0.15, 0.2) is 0 Å². The van der Waals surface area contributed by atoms with Crippen LogP contribution in [0.1, 0.15) is 33.5 Å². The molecule has 1 aromatic carbocycles. The SMILES string of the molecule is Cc1nc2ccc(NC(C)CNC(=O)OC(C)(C)C)cc2[nH]1. The van der Waals surface area contributed by atoms with Gasteiger partial charge in [-0.05, 0) is 52.8 Å². The van der Waals surface area contributed by atoms with Gasteiger partial charge < -0.3 is 20.4 Å². The maximum atomic E-state index is 11.6. The highest BCUT2D eigenvalue weighted by molar-refractivity contribution is 5.79. The minimum atomic E-state index is -0.482. The summed E-state index contributed by atoms with van der Waals surface area (Å²) in [5, 5.41) is 6.10. The van der Waals surface area contributed by atoms with E-state index in [-0.39, 0.29) is 6.04 Å². The quantitative estimate of drug-likeness (QED) is 0.810. The number of aromatic amines is 1. The number of benzene rings is 1. The summed E-state index contributed by atoms with van der Waals surface area (Å²) in [6.07, 6.45) is -0.402. The third-order valence-corrected chi connectivity index (χ3v) is 2.96. The number of aromatic nitrogens is 2. The number of anilines is 1. The van der Waals surface area contributed by atoms with Crippen molar-refractivity contribution in [2.45, 2.75) is 46.3 Å². The van der Waals surface area contributed by atoms with Crippen LogP contribution in [-0.2, 0) is 4.74 Å². The molecule has 120 valence electrons. The first-order valence-corrected chi connectivity index (χ1v) is 7.43. The number of fused-ring (bicyclic) bond motifs is 1. The predicted octanol–water partition coefficient (Wildman–Crippen LogP) is 3.20. The van der Waals surface area contributed by atoms with Crippen LogP contribution in [0.2, 0.25) is 0 Å². The van der Waals surface area contributed by atoms with Crippen molar-refractivity contribution in [1.82, 2.24) is 15.3 Å². The number of amides is 1. The molecule has 0 aliphatic carbocycles. The summed E-state index contributed by atoms with van der Waals surface area (Å²) in [4.78, 5) is 19.2. The van der Waals surface area contributed by atoms with Crippen LogP contribution < -0.4 is 10.6 Å². The third kappa shape index (κ3) is 4.65. The molecule has 1 atom stereocenters. The highest BCUT2D eigenvalue weighted by Gasteiger charge is 2.16. The average Bonchev–Trinajstić information content (AvgIpc) is 2.74. The molecule has 0 spiro atoms. The van der Waals surface area contributed by atoms with E-state index >= 15 is 0 Å². The monoisotopic (exact) mass is 304 g/mol. The van der Waals surface area contributed by atoms with Crippen LogP contribution in [0.4, 0.5) is 10.5 Å². The summed E-state index contributed by atoms with van der Waals surface area (Å²) in [7, 11) is 0. The van der Waals surface area contributed by atoms with E-state index < -0.39 is 11.7 Å². The van der Waals surface area contributed by atoms with E-state index in [2.05, 4.69) is 20.6 Å². The summed E-state index contributed by atoms with van der Waals surface area (Å²) in [6.45, 7) is 9.94. The van der Waals surface area contributed by atoms with Gasteiger partial charge in [-0.2, -0.15) is 0 Å². The minimum absolute atomic E-state index is 0.0778. The zero-order chi connectivity index (χ0) is 16.3. The van der Waals surface area contributed by atoms with E-state index in [1.165, 1.54) is 0 Å². The fraction of sp³-hybridized carbons (Fsp3) is 0.500. The normalized spacial score (nSPS) is 13.0. The Morgan fingerprint density at radius 1 is 1.41 bits per heavy atom. The molecule has 0 bridgehead atoms. The van der Waals surface area contributed by atoms with E-state index in [0.29, 0.717) is 6.54 Å². The summed E-state index contributed by atoms with van der Waals surface area (Å²) < 4.78 is 5.21. The van der Waals surface area contributed by atoms with E-state index in [1.54, 1.807) is 0 Å². The zero-order valence-corrected chi connectivity index (χ0v) is 13.8. The standard InChI is InChI=1S/C16H24N4O2/c1-10(9-17-15(21)22-16(3,4)5)18-12-6-7-13-14(8-12)20-11(2)19-13/h6-8,10,18H,9H2,1-5H3,(H,17,21)(H,19,20). The fourth-order valence-corrected chi connectivity index (χ4v) is 2.11. The lowest BCUT2D eigenvalue weighted by Gasteiger charge is -2.21. The Kier molecular flexibility index (Phi) is 4.59. The fourth-order valence-electron chi connectivity index (χ4n) is 2.11. The largest absolute Gasteiger partial charge is 0.444 e. The number of nitrogens with one attached hydrogen (secondary N) is 3. The number of ether oxygens (including phenoxy) is 1. The maximum absolute atomic E-state index is 11.6. The molecule has 2 aromatic rings. The second-order valence-corrected chi connectivity index (χ2v) is 6.48. The van der Waals surface area contributed by atoms with Gasteiger partial charge in [0.25, 0.3) is 0 Å². The average molecular weight is 304 g/mol. The molecule has 0 saturated carbocycles. The predicted molar refractivity (Wildman–Crippen MR) is 88.2 cm³/mol. The first-order chi connectivity index (χ1) is 10.2. The van der Waals surface area contributed by atoms with E-state index in [0.717, 1.165) is 22.5 Å². The zero-order valence-electron chi connectivity index (χ0n) is 13.8.